The standard InChI is InChI=1S/C19H21N5O2S/c1-12-3-4-13(2)15(9-12)24-8-7-20-19(24)27-11-16(25)21-10-17-22-18(23-26-17)14-5-6-14/h3-4,7-9,14H,5-6,10-11H2,1-2H3,(H,21,25). The number of aromatic nitrogens is 4. The third-order valence-electron chi connectivity index (χ3n) is 4.43. The van der Waals surface area contributed by atoms with Crippen LogP contribution in [0.1, 0.15) is 41.6 Å². The summed E-state index contributed by atoms with van der Waals surface area (Å²) < 4.78 is 7.18. The minimum Gasteiger partial charge on any atom is -0.346 e. The number of hydrogen-bond acceptors (Lipinski definition) is 6. The Morgan fingerprint density at radius 2 is 2.22 bits per heavy atom. The molecule has 1 saturated carbocycles. The van der Waals surface area contributed by atoms with E-state index in [-0.39, 0.29) is 18.2 Å². The molecular weight excluding hydrogens is 362 g/mol. The van der Waals surface area contributed by atoms with Gasteiger partial charge < -0.3 is 9.84 Å². The van der Waals surface area contributed by atoms with Crippen LogP contribution in [-0.2, 0) is 11.3 Å². The monoisotopic (exact) mass is 383 g/mol. The summed E-state index contributed by atoms with van der Waals surface area (Å²) in [4.78, 5) is 20.9. The minimum atomic E-state index is -0.0957. The molecule has 7 nitrogen and oxygen atoms in total. The van der Waals surface area contributed by atoms with E-state index < -0.39 is 0 Å². The van der Waals surface area contributed by atoms with Gasteiger partial charge in [-0.3, -0.25) is 9.36 Å². The zero-order valence-electron chi connectivity index (χ0n) is 15.3. The summed E-state index contributed by atoms with van der Waals surface area (Å²) in [6, 6.07) is 6.29. The molecule has 1 fully saturated rings. The van der Waals surface area contributed by atoms with Crippen LogP contribution in [-0.4, -0.2) is 31.4 Å². The van der Waals surface area contributed by atoms with Gasteiger partial charge in [0.15, 0.2) is 11.0 Å². The molecule has 0 atom stereocenters. The largest absolute Gasteiger partial charge is 0.346 e. The number of imidazole rings is 1. The smallest absolute Gasteiger partial charge is 0.246 e. The summed E-state index contributed by atoms with van der Waals surface area (Å²) in [6.07, 6.45) is 5.91. The summed E-state index contributed by atoms with van der Waals surface area (Å²) in [6.45, 7) is 4.38. The summed E-state index contributed by atoms with van der Waals surface area (Å²) in [5.74, 6) is 1.82. The predicted octanol–water partition coefficient (Wildman–Crippen LogP) is 3.16. The van der Waals surface area contributed by atoms with Gasteiger partial charge >= 0.3 is 0 Å². The number of amides is 1. The van der Waals surface area contributed by atoms with Gasteiger partial charge in [0.05, 0.1) is 18.0 Å². The second-order valence-electron chi connectivity index (χ2n) is 6.76. The van der Waals surface area contributed by atoms with Crippen LogP contribution >= 0.6 is 11.8 Å². The van der Waals surface area contributed by atoms with E-state index in [2.05, 4.69) is 52.5 Å². The van der Waals surface area contributed by atoms with Crippen molar-refractivity contribution < 1.29 is 9.32 Å². The van der Waals surface area contributed by atoms with Gasteiger partial charge in [-0.1, -0.05) is 29.1 Å². The van der Waals surface area contributed by atoms with Crippen LogP contribution in [0.3, 0.4) is 0 Å². The highest BCUT2D eigenvalue weighted by molar-refractivity contribution is 7.99. The van der Waals surface area contributed by atoms with Crippen molar-refractivity contribution in [1.82, 2.24) is 25.0 Å². The van der Waals surface area contributed by atoms with Crippen molar-refractivity contribution in [3.05, 3.63) is 53.4 Å². The highest BCUT2D eigenvalue weighted by Crippen LogP contribution is 2.38. The Morgan fingerprint density at radius 3 is 3.04 bits per heavy atom. The molecule has 0 saturated heterocycles. The first-order valence-corrected chi connectivity index (χ1v) is 9.91. The maximum atomic E-state index is 12.2. The van der Waals surface area contributed by atoms with Gasteiger partial charge in [-0.2, -0.15) is 4.98 Å². The van der Waals surface area contributed by atoms with Crippen LogP contribution in [0.25, 0.3) is 5.69 Å². The van der Waals surface area contributed by atoms with E-state index in [9.17, 15) is 4.79 Å². The van der Waals surface area contributed by atoms with Crippen molar-refractivity contribution in [3.8, 4) is 5.69 Å². The fourth-order valence-electron chi connectivity index (χ4n) is 2.76. The van der Waals surface area contributed by atoms with Crippen LogP contribution < -0.4 is 5.32 Å². The zero-order valence-corrected chi connectivity index (χ0v) is 16.1. The van der Waals surface area contributed by atoms with Crippen LogP contribution in [0.15, 0.2) is 40.3 Å². The van der Waals surface area contributed by atoms with Gasteiger partial charge in [0.1, 0.15) is 0 Å². The van der Waals surface area contributed by atoms with Crippen LogP contribution in [0, 0.1) is 13.8 Å². The fourth-order valence-corrected chi connectivity index (χ4v) is 3.56. The molecule has 3 aromatic rings. The van der Waals surface area contributed by atoms with Crippen LogP contribution in [0.4, 0.5) is 0 Å². The third-order valence-corrected chi connectivity index (χ3v) is 5.39. The van der Waals surface area contributed by atoms with Gasteiger partial charge in [0.25, 0.3) is 0 Å². The Morgan fingerprint density at radius 1 is 1.37 bits per heavy atom. The summed E-state index contributed by atoms with van der Waals surface area (Å²) in [5.41, 5.74) is 3.42. The van der Waals surface area contributed by atoms with E-state index in [1.807, 2.05) is 10.8 Å². The van der Waals surface area contributed by atoms with Gasteiger partial charge in [-0.05, 0) is 43.9 Å². The number of carbonyl (C=O) groups is 1. The highest BCUT2D eigenvalue weighted by Gasteiger charge is 2.28. The van der Waals surface area contributed by atoms with Gasteiger partial charge in [0.2, 0.25) is 11.8 Å². The van der Waals surface area contributed by atoms with E-state index in [0.717, 1.165) is 35.1 Å². The average molecular weight is 383 g/mol. The Hall–Kier alpha value is -2.61. The molecular formula is C19H21N5O2S. The first-order chi connectivity index (χ1) is 13.1. The summed E-state index contributed by atoms with van der Waals surface area (Å²) in [7, 11) is 0. The number of thioether (sulfide) groups is 1. The van der Waals surface area contributed by atoms with Crippen molar-refractivity contribution in [2.24, 2.45) is 0 Å². The molecule has 2 aromatic heterocycles. The maximum absolute atomic E-state index is 12.2. The molecule has 1 aliphatic carbocycles. The number of benzene rings is 1. The summed E-state index contributed by atoms with van der Waals surface area (Å²) in [5, 5.41) is 7.55. The first kappa shape index (κ1) is 17.8. The Kier molecular flexibility index (Phi) is 4.98. The Balaban J connectivity index is 1.34. The normalized spacial score (nSPS) is 13.7. The zero-order chi connectivity index (χ0) is 18.8. The molecule has 1 aliphatic rings. The molecule has 1 N–H and O–H groups in total. The van der Waals surface area contributed by atoms with E-state index >= 15 is 0 Å². The van der Waals surface area contributed by atoms with E-state index in [0.29, 0.717) is 11.8 Å². The quantitative estimate of drug-likeness (QED) is 0.631. The number of rotatable bonds is 7. The second kappa shape index (κ2) is 7.56. The van der Waals surface area contributed by atoms with E-state index in [1.165, 1.54) is 17.3 Å². The molecule has 0 radical (unpaired) electrons. The van der Waals surface area contributed by atoms with Gasteiger partial charge in [-0.25, -0.2) is 4.98 Å². The molecule has 1 aromatic carbocycles. The SMILES string of the molecule is Cc1ccc(C)c(-n2ccnc2SCC(=O)NCc2nc(C3CC3)no2)c1. The number of hydrogen-bond donors (Lipinski definition) is 1. The van der Waals surface area contributed by atoms with Crippen molar-refractivity contribution in [2.45, 2.75) is 44.3 Å². The van der Waals surface area contributed by atoms with Crippen molar-refractivity contribution >= 4 is 17.7 Å². The third kappa shape index (κ3) is 4.21. The topological polar surface area (TPSA) is 85.8 Å². The second-order valence-corrected chi connectivity index (χ2v) is 7.70. The van der Waals surface area contributed by atoms with Gasteiger partial charge in [-0.15, -0.1) is 0 Å². The molecule has 0 bridgehead atoms. The Bertz CT molecular complexity index is 961. The molecule has 0 unspecified atom stereocenters. The van der Waals surface area contributed by atoms with Crippen molar-refractivity contribution in [2.75, 3.05) is 5.75 Å². The molecule has 1 amide bonds. The molecule has 2 heterocycles. The highest BCUT2D eigenvalue weighted by atomic mass is 32.2. The molecule has 4 rings (SSSR count). The maximum Gasteiger partial charge on any atom is 0.246 e. The van der Waals surface area contributed by atoms with Crippen molar-refractivity contribution in [3.63, 3.8) is 0 Å². The number of nitrogens with one attached hydrogen (secondary N) is 1. The molecule has 140 valence electrons. The first-order valence-electron chi connectivity index (χ1n) is 8.93. The Labute approximate surface area is 161 Å². The van der Waals surface area contributed by atoms with Gasteiger partial charge in [0, 0.05) is 18.3 Å². The fraction of sp³-hybridized carbons (Fsp3) is 0.368. The number of aryl methyl sites for hydroxylation is 2. The van der Waals surface area contributed by atoms with E-state index in [1.54, 1.807) is 6.20 Å². The lowest BCUT2D eigenvalue weighted by atomic mass is 10.1. The average Bonchev–Trinajstić information content (AvgIpc) is 3.22. The summed E-state index contributed by atoms with van der Waals surface area (Å²) >= 11 is 1.40. The number of nitrogens with zero attached hydrogens (tertiary/aromatic N) is 4. The lowest BCUT2D eigenvalue weighted by Gasteiger charge is -2.11. The van der Waals surface area contributed by atoms with Crippen LogP contribution in [0.5, 0.6) is 0 Å². The molecule has 27 heavy (non-hydrogen) atoms. The molecule has 0 spiro atoms. The minimum absolute atomic E-state index is 0.0957. The predicted molar refractivity (Wildman–Crippen MR) is 102 cm³/mol. The lowest BCUT2D eigenvalue weighted by molar-refractivity contribution is -0.118. The van der Waals surface area contributed by atoms with E-state index in [4.69, 9.17) is 4.52 Å². The molecule has 0 aliphatic heterocycles. The molecule has 8 heteroatoms. The lowest BCUT2D eigenvalue weighted by Crippen LogP contribution is -2.24. The van der Waals surface area contributed by atoms with Crippen molar-refractivity contribution in [1.29, 1.82) is 0 Å². The number of carbonyl (C=O) groups excluding carboxylic acids is 1. The van der Waals surface area contributed by atoms with Crippen LogP contribution in [0.2, 0.25) is 0 Å².